The summed E-state index contributed by atoms with van der Waals surface area (Å²) >= 11 is 0. The number of aryl methyl sites for hydroxylation is 3. The first-order valence-corrected chi connectivity index (χ1v) is 6.39. The maximum Gasteiger partial charge on any atom is 0.150 e. The average molecular weight is 253 g/mol. The third kappa shape index (κ3) is 2.68. The Morgan fingerprint density at radius 2 is 1.47 bits per heavy atom. The van der Waals surface area contributed by atoms with Crippen LogP contribution in [0.3, 0.4) is 0 Å². The summed E-state index contributed by atoms with van der Waals surface area (Å²) in [4.78, 5) is 13.0. The fourth-order valence-electron chi connectivity index (χ4n) is 2.44. The van der Waals surface area contributed by atoms with E-state index in [1.807, 2.05) is 25.1 Å². The summed E-state index contributed by atoms with van der Waals surface area (Å²) < 4.78 is 0. The van der Waals surface area contributed by atoms with E-state index in [1.54, 1.807) is 0 Å². The van der Waals surface area contributed by atoms with E-state index in [2.05, 4.69) is 44.0 Å². The van der Waals surface area contributed by atoms with E-state index in [9.17, 15) is 4.79 Å². The molecule has 19 heavy (non-hydrogen) atoms. The van der Waals surface area contributed by atoms with Gasteiger partial charge >= 0.3 is 0 Å². The number of rotatable bonds is 3. The number of benzene rings is 2. The SMILES string of the molecule is Cc1ccc(N(C)c2ccc(C=O)cc2C)c(C)c1. The summed E-state index contributed by atoms with van der Waals surface area (Å²) in [7, 11) is 2.06. The van der Waals surface area contributed by atoms with E-state index in [0.717, 1.165) is 23.1 Å². The van der Waals surface area contributed by atoms with Crippen LogP contribution in [0, 0.1) is 20.8 Å². The monoisotopic (exact) mass is 253 g/mol. The molecule has 2 heteroatoms. The summed E-state index contributed by atoms with van der Waals surface area (Å²) in [5.41, 5.74) is 6.65. The molecule has 2 rings (SSSR count). The zero-order valence-corrected chi connectivity index (χ0v) is 11.9. The molecule has 0 radical (unpaired) electrons. The number of hydrogen-bond donors (Lipinski definition) is 0. The molecule has 0 spiro atoms. The molecule has 0 saturated carbocycles. The van der Waals surface area contributed by atoms with Crippen molar-refractivity contribution in [2.24, 2.45) is 0 Å². The average Bonchev–Trinajstić information content (AvgIpc) is 2.37. The van der Waals surface area contributed by atoms with Crippen molar-refractivity contribution in [2.45, 2.75) is 20.8 Å². The van der Waals surface area contributed by atoms with Crippen molar-refractivity contribution in [3.05, 3.63) is 58.7 Å². The number of anilines is 2. The molecule has 98 valence electrons. The van der Waals surface area contributed by atoms with Crippen LogP contribution < -0.4 is 4.90 Å². The lowest BCUT2D eigenvalue weighted by molar-refractivity contribution is 0.112. The highest BCUT2D eigenvalue weighted by molar-refractivity contribution is 5.78. The van der Waals surface area contributed by atoms with Crippen LogP contribution in [-0.2, 0) is 0 Å². The Morgan fingerprint density at radius 3 is 2.00 bits per heavy atom. The normalized spacial score (nSPS) is 10.3. The Hall–Kier alpha value is -2.09. The lowest BCUT2D eigenvalue weighted by Gasteiger charge is -2.24. The van der Waals surface area contributed by atoms with E-state index in [-0.39, 0.29) is 0 Å². The van der Waals surface area contributed by atoms with E-state index >= 15 is 0 Å². The molecular formula is C17H19NO. The van der Waals surface area contributed by atoms with Crippen molar-refractivity contribution in [1.82, 2.24) is 0 Å². The van der Waals surface area contributed by atoms with Crippen LogP contribution >= 0.6 is 0 Å². The molecule has 0 aliphatic heterocycles. The summed E-state index contributed by atoms with van der Waals surface area (Å²) in [6.45, 7) is 6.25. The molecule has 2 nitrogen and oxygen atoms in total. The predicted molar refractivity (Wildman–Crippen MR) is 80.5 cm³/mol. The third-order valence-corrected chi connectivity index (χ3v) is 3.43. The quantitative estimate of drug-likeness (QED) is 0.764. The van der Waals surface area contributed by atoms with Gasteiger partial charge in [-0.25, -0.2) is 0 Å². The Morgan fingerprint density at radius 1 is 0.895 bits per heavy atom. The molecule has 0 aliphatic rings. The first kappa shape index (κ1) is 13.3. The van der Waals surface area contributed by atoms with E-state index in [4.69, 9.17) is 0 Å². The smallest absolute Gasteiger partial charge is 0.150 e. The summed E-state index contributed by atoms with van der Waals surface area (Å²) in [6.07, 6.45) is 0.883. The van der Waals surface area contributed by atoms with Crippen LogP contribution in [-0.4, -0.2) is 13.3 Å². The maximum atomic E-state index is 10.8. The van der Waals surface area contributed by atoms with Gasteiger partial charge in [0.2, 0.25) is 0 Å². The van der Waals surface area contributed by atoms with Crippen molar-refractivity contribution in [3.8, 4) is 0 Å². The van der Waals surface area contributed by atoms with Gasteiger partial charge in [0.25, 0.3) is 0 Å². The fraction of sp³-hybridized carbons (Fsp3) is 0.235. The van der Waals surface area contributed by atoms with Gasteiger partial charge in [0, 0.05) is 24.0 Å². The minimum atomic E-state index is 0.718. The largest absolute Gasteiger partial charge is 0.344 e. The molecule has 2 aromatic rings. The fourth-order valence-corrected chi connectivity index (χ4v) is 2.44. The minimum Gasteiger partial charge on any atom is -0.344 e. The standard InChI is InChI=1S/C17H19NO/c1-12-5-7-16(13(2)9-12)18(4)17-8-6-15(11-19)10-14(17)3/h5-11H,1-4H3. The highest BCUT2D eigenvalue weighted by atomic mass is 16.1. The van der Waals surface area contributed by atoms with Gasteiger partial charge in [0.1, 0.15) is 6.29 Å². The molecule has 0 aliphatic carbocycles. The van der Waals surface area contributed by atoms with Crippen LogP contribution in [0.15, 0.2) is 36.4 Å². The molecule has 0 aromatic heterocycles. The second-order valence-corrected chi connectivity index (χ2v) is 5.01. The van der Waals surface area contributed by atoms with E-state index < -0.39 is 0 Å². The van der Waals surface area contributed by atoms with Gasteiger partial charge in [-0.05, 0) is 56.2 Å². The number of hydrogen-bond acceptors (Lipinski definition) is 2. The zero-order valence-electron chi connectivity index (χ0n) is 11.9. The van der Waals surface area contributed by atoms with Crippen LogP contribution in [0.4, 0.5) is 11.4 Å². The molecule has 0 amide bonds. The van der Waals surface area contributed by atoms with Crippen LogP contribution in [0.1, 0.15) is 27.0 Å². The van der Waals surface area contributed by atoms with Gasteiger partial charge in [-0.2, -0.15) is 0 Å². The lowest BCUT2D eigenvalue weighted by Crippen LogP contribution is -2.12. The molecule has 0 bridgehead atoms. The number of carbonyl (C=O) groups is 1. The second-order valence-electron chi connectivity index (χ2n) is 5.01. The Balaban J connectivity index is 2.43. The first-order chi connectivity index (χ1) is 9.02. The van der Waals surface area contributed by atoms with Crippen molar-refractivity contribution in [3.63, 3.8) is 0 Å². The van der Waals surface area contributed by atoms with Crippen LogP contribution in [0.2, 0.25) is 0 Å². The Kier molecular flexibility index (Phi) is 3.70. The zero-order chi connectivity index (χ0) is 14.0. The Labute approximate surface area is 114 Å². The summed E-state index contributed by atoms with van der Waals surface area (Å²) in [5.74, 6) is 0. The van der Waals surface area contributed by atoms with Crippen molar-refractivity contribution < 1.29 is 4.79 Å². The van der Waals surface area contributed by atoms with E-state index in [0.29, 0.717) is 0 Å². The summed E-state index contributed by atoms with van der Waals surface area (Å²) in [5, 5.41) is 0. The molecule has 0 unspecified atom stereocenters. The van der Waals surface area contributed by atoms with Crippen molar-refractivity contribution in [1.29, 1.82) is 0 Å². The highest BCUT2D eigenvalue weighted by Crippen LogP contribution is 2.29. The minimum absolute atomic E-state index is 0.718. The number of aldehydes is 1. The third-order valence-electron chi connectivity index (χ3n) is 3.43. The number of carbonyl (C=O) groups excluding carboxylic acids is 1. The highest BCUT2D eigenvalue weighted by Gasteiger charge is 2.09. The van der Waals surface area contributed by atoms with Crippen molar-refractivity contribution >= 4 is 17.7 Å². The molecular weight excluding hydrogens is 234 g/mol. The van der Waals surface area contributed by atoms with Crippen molar-refractivity contribution in [2.75, 3.05) is 11.9 Å². The maximum absolute atomic E-state index is 10.8. The first-order valence-electron chi connectivity index (χ1n) is 6.39. The van der Waals surface area contributed by atoms with Crippen LogP contribution in [0.5, 0.6) is 0 Å². The summed E-state index contributed by atoms with van der Waals surface area (Å²) in [6, 6.07) is 12.2. The van der Waals surface area contributed by atoms with Gasteiger partial charge in [-0.15, -0.1) is 0 Å². The molecule has 0 N–H and O–H groups in total. The molecule has 0 heterocycles. The topological polar surface area (TPSA) is 20.3 Å². The lowest BCUT2D eigenvalue weighted by atomic mass is 10.1. The molecule has 0 atom stereocenters. The number of nitrogens with zero attached hydrogens (tertiary/aromatic N) is 1. The molecule has 2 aromatic carbocycles. The molecule has 0 saturated heterocycles. The Bertz CT molecular complexity index is 617. The second kappa shape index (κ2) is 5.27. The van der Waals surface area contributed by atoms with Crippen LogP contribution in [0.25, 0.3) is 0 Å². The van der Waals surface area contributed by atoms with Gasteiger partial charge in [-0.1, -0.05) is 17.7 Å². The predicted octanol–water partition coefficient (Wildman–Crippen LogP) is 4.19. The van der Waals surface area contributed by atoms with Gasteiger partial charge in [0.15, 0.2) is 0 Å². The van der Waals surface area contributed by atoms with E-state index in [1.165, 1.54) is 16.8 Å². The van der Waals surface area contributed by atoms with Gasteiger partial charge in [-0.3, -0.25) is 4.79 Å². The van der Waals surface area contributed by atoms with Gasteiger partial charge < -0.3 is 4.90 Å². The molecule has 0 fully saturated rings. The van der Waals surface area contributed by atoms with Gasteiger partial charge in [0.05, 0.1) is 0 Å².